The van der Waals surface area contributed by atoms with Crippen molar-refractivity contribution in [3.05, 3.63) is 38.7 Å². The van der Waals surface area contributed by atoms with Gasteiger partial charge in [-0.2, -0.15) is 13.2 Å². The molecule has 0 atom stereocenters. The zero-order chi connectivity index (χ0) is 19.8. The van der Waals surface area contributed by atoms with Gasteiger partial charge in [-0.25, -0.2) is 13.1 Å². The van der Waals surface area contributed by atoms with E-state index in [0.717, 1.165) is 21.0 Å². The summed E-state index contributed by atoms with van der Waals surface area (Å²) in [5.74, 6) is 0. The summed E-state index contributed by atoms with van der Waals surface area (Å²) >= 11 is 4.79. The summed E-state index contributed by atoms with van der Waals surface area (Å²) in [7, 11) is -3.25. The number of hydrogen-bond acceptors (Lipinski definition) is 3. The maximum Gasteiger partial charge on any atom is 0.393 e. The first kappa shape index (κ1) is 20.8. The van der Waals surface area contributed by atoms with Crippen LogP contribution >= 0.6 is 27.3 Å². The van der Waals surface area contributed by atoms with E-state index in [-0.39, 0.29) is 6.04 Å². The predicted octanol–water partition coefficient (Wildman–Crippen LogP) is 5.64. The SMILES string of the molecule is CS(=O)(=O)NC1CCC(=Cc2sc3c(Br)cccc3c2CC(F)(F)F)CC1. The number of allylic oxidation sites excluding steroid dienone is 1. The Bertz CT molecular complexity index is 970. The summed E-state index contributed by atoms with van der Waals surface area (Å²) < 4.78 is 66.3. The van der Waals surface area contributed by atoms with Gasteiger partial charge < -0.3 is 0 Å². The molecule has 1 aromatic heterocycles. The highest BCUT2D eigenvalue weighted by atomic mass is 79.9. The van der Waals surface area contributed by atoms with Crippen molar-refractivity contribution in [1.29, 1.82) is 0 Å². The summed E-state index contributed by atoms with van der Waals surface area (Å²) in [6.07, 6.45) is 0.430. The maximum atomic E-state index is 13.1. The van der Waals surface area contributed by atoms with Crippen LogP contribution in [0.1, 0.15) is 36.1 Å². The molecule has 0 aliphatic heterocycles. The number of fused-ring (bicyclic) bond motifs is 1. The number of sulfonamides is 1. The fourth-order valence-corrected chi connectivity index (χ4v) is 6.06. The molecular formula is C18H19BrF3NO2S2. The monoisotopic (exact) mass is 481 g/mol. The lowest BCUT2D eigenvalue weighted by atomic mass is 9.90. The Balaban J connectivity index is 1.89. The van der Waals surface area contributed by atoms with Gasteiger partial charge in [0.2, 0.25) is 10.0 Å². The highest BCUT2D eigenvalue weighted by Crippen LogP contribution is 2.41. The minimum Gasteiger partial charge on any atom is -0.213 e. The molecule has 0 saturated heterocycles. The van der Waals surface area contributed by atoms with Gasteiger partial charge in [0.1, 0.15) is 0 Å². The number of alkyl halides is 3. The lowest BCUT2D eigenvalue weighted by molar-refractivity contribution is -0.126. The third-order valence-corrected chi connectivity index (χ3v) is 7.44. The van der Waals surface area contributed by atoms with Gasteiger partial charge >= 0.3 is 6.18 Å². The van der Waals surface area contributed by atoms with E-state index in [1.807, 2.05) is 12.1 Å². The summed E-state index contributed by atoms with van der Waals surface area (Å²) in [5, 5.41) is 0.631. The van der Waals surface area contributed by atoms with Gasteiger partial charge in [0, 0.05) is 20.1 Å². The van der Waals surface area contributed by atoms with Crippen LogP contribution in [-0.2, 0) is 16.4 Å². The number of halogens is 4. The number of benzene rings is 1. The van der Waals surface area contributed by atoms with Crippen LogP contribution in [0.2, 0.25) is 0 Å². The van der Waals surface area contributed by atoms with E-state index in [1.54, 1.807) is 12.1 Å². The highest BCUT2D eigenvalue weighted by molar-refractivity contribution is 9.10. The Kier molecular flexibility index (Phi) is 6.05. The van der Waals surface area contributed by atoms with Crippen molar-refractivity contribution in [3.63, 3.8) is 0 Å². The van der Waals surface area contributed by atoms with Crippen molar-refractivity contribution in [1.82, 2.24) is 4.72 Å². The number of thiophene rings is 1. The average molecular weight is 482 g/mol. The molecule has 0 amide bonds. The summed E-state index contributed by atoms with van der Waals surface area (Å²) in [5.41, 5.74) is 1.38. The van der Waals surface area contributed by atoms with E-state index in [0.29, 0.717) is 41.5 Å². The fraction of sp³-hybridized carbons (Fsp3) is 0.444. The highest BCUT2D eigenvalue weighted by Gasteiger charge is 2.31. The molecular weight excluding hydrogens is 463 g/mol. The van der Waals surface area contributed by atoms with E-state index >= 15 is 0 Å². The van der Waals surface area contributed by atoms with E-state index in [1.165, 1.54) is 11.3 Å². The van der Waals surface area contributed by atoms with Gasteiger partial charge in [-0.05, 0) is 64.7 Å². The Hall–Kier alpha value is -0.900. The molecule has 1 aliphatic carbocycles. The largest absolute Gasteiger partial charge is 0.393 e. The van der Waals surface area contributed by atoms with E-state index in [2.05, 4.69) is 20.7 Å². The van der Waals surface area contributed by atoms with Gasteiger partial charge in [0.25, 0.3) is 0 Å². The normalized spacial score (nSPS) is 18.9. The number of rotatable bonds is 4. The fourth-order valence-electron chi connectivity index (χ4n) is 3.39. The van der Waals surface area contributed by atoms with Gasteiger partial charge in [-0.15, -0.1) is 11.3 Å². The summed E-state index contributed by atoms with van der Waals surface area (Å²) in [6, 6.07) is 5.20. The molecule has 1 heterocycles. The zero-order valence-corrected chi connectivity index (χ0v) is 17.8. The van der Waals surface area contributed by atoms with E-state index in [9.17, 15) is 21.6 Å². The second-order valence-electron chi connectivity index (χ2n) is 6.82. The van der Waals surface area contributed by atoms with Crippen LogP contribution in [0.3, 0.4) is 0 Å². The first-order valence-corrected chi connectivity index (χ1v) is 12.0. The lowest BCUT2D eigenvalue weighted by Crippen LogP contribution is -2.35. The van der Waals surface area contributed by atoms with E-state index in [4.69, 9.17) is 0 Å². The van der Waals surface area contributed by atoms with Gasteiger partial charge in [-0.3, -0.25) is 0 Å². The molecule has 3 rings (SSSR count). The second-order valence-corrected chi connectivity index (χ2v) is 10.5. The van der Waals surface area contributed by atoms with Crippen LogP contribution in [0.25, 0.3) is 16.2 Å². The number of hydrogen-bond donors (Lipinski definition) is 1. The Labute approximate surface area is 168 Å². The Morgan fingerprint density at radius 3 is 2.56 bits per heavy atom. The average Bonchev–Trinajstić information content (AvgIpc) is 2.86. The molecule has 0 spiro atoms. The Morgan fingerprint density at radius 2 is 1.96 bits per heavy atom. The van der Waals surface area contributed by atoms with E-state index < -0.39 is 22.6 Å². The Morgan fingerprint density at radius 1 is 1.30 bits per heavy atom. The van der Waals surface area contributed by atoms with Crippen LogP contribution in [0.5, 0.6) is 0 Å². The van der Waals surface area contributed by atoms with Crippen molar-refractivity contribution in [2.75, 3.05) is 6.26 Å². The number of nitrogens with one attached hydrogen (secondary N) is 1. The molecule has 1 aromatic carbocycles. The molecule has 1 fully saturated rings. The molecule has 1 saturated carbocycles. The molecule has 2 aromatic rings. The molecule has 1 N–H and O–H groups in total. The van der Waals surface area contributed by atoms with Crippen LogP contribution < -0.4 is 4.72 Å². The predicted molar refractivity (Wildman–Crippen MR) is 107 cm³/mol. The van der Waals surface area contributed by atoms with Crippen molar-refractivity contribution < 1.29 is 21.6 Å². The summed E-state index contributed by atoms with van der Waals surface area (Å²) in [4.78, 5) is 0.638. The molecule has 0 unspecified atom stereocenters. The molecule has 0 bridgehead atoms. The molecule has 9 heteroatoms. The van der Waals surface area contributed by atoms with Crippen molar-refractivity contribution >= 4 is 53.5 Å². The third-order valence-electron chi connectivity index (χ3n) is 4.52. The first-order valence-electron chi connectivity index (χ1n) is 8.45. The molecule has 0 radical (unpaired) electrons. The first-order chi connectivity index (χ1) is 12.5. The van der Waals surface area contributed by atoms with Gasteiger partial charge in [0.05, 0.1) is 12.7 Å². The zero-order valence-electron chi connectivity index (χ0n) is 14.6. The molecule has 1 aliphatic rings. The van der Waals surface area contributed by atoms with Crippen LogP contribution in [-0.4, -0.2) is 26.9 Å². The van der Waals surface area contributed by atoms with Crippen LogP contribution in [0.4, 0.5) is 13.2 Å². The van der Waals surface area contributed by atoms with Crippen molar-refractivity contribution in [2.45, 2.75) is 44.3 Å². The lowest BCUT2D eigenvalue weighted by Gasteiger charge is -2.24. The minimum atomic E-state index is -4.28. The van der Waals surface area contributed by atoms with Crippen LogP contribution in [0, 0.1) is 0 Å². The quantitative estimate of drug-likeness (QED) is 0.613. The maximum absolute atomic E-state index is 13.1. The van der Waals surface area contributed by atoms with Gasteiger partial charge in [0.15, 0.2) is 0 Å². The summed E-state index contributed by atoms with van der Waals surface area (Å²) in [6.45, 7) is 0. The molecule has 148 valence electrons. The topological polar surface area (TPSA) is 46.2 Å². The smallest absolute Gasteiger partial charge is 0.213 e. The van der Waals surface area contributed by atoms with Crippen molar-refractivity contribution in [2.24, 2.45) is 0 Å². The van der Waals surface area contributed by atoms with Crippen LogP contribution in [0.15, 0.2) is 28.2 Å². The van der Waals surface area contributed by atoms with Crippen molar-refractivity contribution in [3.8, 4) is 0 Å². The standard InChI is InChI=1S/C18H19BrF3NO2S2/c1-27(24,25)23-12-7-5-11(6-8-12)9-16-14(10-18(20,21)22)13-3-2-4-15(19)17(13)26-16/h2-4,9,12,23H,5-8,10H2,1H3. The molecule has 3 nitrogen and oxygen atoms in total. The molecule has 27 heavy (non-hydrogen) atoms. The third kappa shape index (κ3) is 5.56. The van der Waals surface area contributed by atoms with Gasteiger partial charge in [-0.1, -0.05) is 17.7 Å². The second kappa shape index (κ2) is 7.85. The minimum absolute atomic E-state index is 0.108.